The third-order valence-electron chi connectivity index (χ3n) is 9.75. The van der Waals surface area contributed by atoms with Gasteiger partial charge in [-0.1, -0.05) is 17.7 Å². The third kappa shape index (κ3) is 3.36. The van der Waals surface area contributed by atoms with Crippen LogP contribution in [-0.2, 0) is 26.6 Å². The first-order valence-electron chi connectivity index (χ1n) is 13.1. The summed E-state index contributed by atoms with van der Waals surface area (Å²) in [6.07, 6.45) is 7.03. The zero-order valence-electron chi connectivity index (χ0n) is 20.6. The standard InChI is InChI=1S/C28H33ClN2O4S/c1-34-22-7-4-20-14-25-28-11-10-26(18-35-28,30-36(32,33)23-8-5-21(29)6-9-23)17-27(28,24(20)15-22)12-13-31(25)16-19-2-3-19/h4-9,15,19,25,30H,2-3,10-14,16-18H2,1H3/t25-,26?,27-,28+/m1/s1. The first-order chi connectivity index (χ1) is 17.3. The Kier molecular flexibility index (Phi) is 5.17. The summed E-state index contributed by atoms with van der Waals surface area (Å²) in [4.78, 5) is 2.95. The van der Waals surface area contributed by atoms with Gasteiger partial charge in [-0.15, -0.1) is 0 Å². The molecule has 2 aromatic carbocycles. The lowest BCUT2D eigenvalue weighted by Crippen LogP contribution is -2.81. The highest BCUT2D eigenvalue weighted by Crippen LogP contribution is 2.65. The molecule has 1 spiro atoms. The summed E-state index contributed by atoms with van der Waals surface area (Å²) in [5.41, 5.74) is 1.50. The van der Waals surface area contributed by atoms with E-state index in [1.807, 2.05) is 0 Å². The van der Waals surface area contributed by atoms with Crippen molar-refractivity contribution in [3.8, 4) is 5.75 Å². The van der Waals surface area contributed by atoms with Crippen molar-refractivity contribution >= 4 is 21.6 Å². The molecule has 1 N–H and O–H groups in total. The number of likely N-dealkylation sites (tertiary alicyclic amines) is 1. The SMILES string of the molecule is COc1ccc2c(c1)[C@]13CCN(CC4CC4)[C@H](C2)[C@@]12CCC(NS(=O)(=O)c1ccc(Cl)cc1)(CO2)C3. The molecule has 0 amide bonds. The molecule has 2 saturated carbocycles. The monoisotopic (exact) mass is 528 g/mol. The molecule has 3 aliphatic heterocycles. The average molecular weight is 529 g/mol. The van der Waals surface area contributed by atoms with E-state index in [0.717, 1.165) is 56.9 Å². The molecule has 6 nitrogen and oxygen atoms in total. The molecule has 192 valence electrons. The van der Waals surface area contributed by atoms with Gasteiger partial charge in [-0.2, -0.15) is 0 Å². The van der Waals surface area contributed by atoms with Gasteiger partial charge in [-0.3, -0.25) is 4.90 Å². The van der Waals surface area contributed by atoms with E-state index in [1.165, 1.54) is 24.0 Å². The van der Waals surface area contributed by atoms with Crippen LogP contribution in [0.5, 0.6) is 5.75 Å². The van der Waals surface area contributed by atoms with E-state index in [4.69, 9.17) is 21.1 Å². The second-order valence-electron chi connectivity index (χ2n) is 11.7. The number of hydrogen-bond donors (Lipinski definition) is 1. The van der Waals surface area contributed by atoms with Crippen LogP contribution < -0.4 is 9.46 Å². The van der Waals surface area contributed by atoms with E-state index in [9.17, 15) is 8.42 Å². The Morgan fingerprint density at radius 3 is 2.64 bits per heavy atom. The molecule has 0 radical (unpaired) electrons. The van der Waals surface area contributed by atoms with E-state index in [-0.39, 0.29) is 15.9 Å². The number of rotatable bonds is 6. The summed E-state index contributed by atoms with van der Waals surface area (Å²) in [5, 5.41) is 0.520. The largest absolute Gasteiger partial charge is 0.497 e. The molecule has 8 rings (SSSR count). The molecule has 1 unspecified atom stereocenters. The van der Waals surface area contributed by atoms with Crippen molar-refractivity contribution in [1.29, 1.82) is 0 Å². The highest BCUT2D eigenvalue weighted by molar-refractivity contribution is 7.89. The van der Waals surface area contributed by atoms with Gasteiger partial charge in [0.25, 0.3) is 0 Å². The fourth-order valence-electron chi connectivity index (χ4n) is 7.94. The van der Waals surface area contributed by atoms with Crippen molar-refractivity contribution in [2.45, 2.75) is 72.4 Å². The second-order valence-corrected chi connectivity index (χ2v) is 13.8. The lowest BCUT2D eigenvalue weighted by atomic mass is 9.45. The van der Waals surface area contributed by atoms with Gasteiger partial charge in [0.1, 0.15) is 5.75 Å². The number of halogens is 1. The summed E-state index contributed by atoms with van der Waals surface area (Å²) in [5.74, 6) is 1.68. The molecular weight excluding hydrogens is 496 g/mol. The minimum absolute atomic E-state index is 0.237. The van der Waals surface area contributed by atoms with Crippen LogP contribution in [0.2, 0.25) is 5.02 Å². The fourth-order valence-corrected chi connectivity index (χ4v) is 9.48. The van der Waals surface area contributed by atoms with Crippen LogP contribution in [0.1, 0.15) is 49.7 Å². The number of benzene rings is 2. The number of hydrogen-bond acceptors (Lipinski definition) is 5. The van der Waals surface area contributed by atoms with E-state index in [2.05, 4.69) is 27.8 Å². The number of nitrogens with zero attached hydrogens (tertiary/aromatic N) is 1. The van der Waals surface area contributed by atoms with Gasteiger partial charge in [0.2, 0.25) is 10.0 Å². The normalized spacial score (nSPS) is 35.2. The highest BCUT2D eigenvalue weighted by atomic mass is 35.5. The summed E-state index contributed by atoms with van der Waals surface area (Å²) >= 11 is 6.02. The van der Waals surface area contributed by atoms with Crippen molar-refractivity contribution in [2.24, 2.45) is 5.92 Å². The third-order valence-corrected chi connectivity index (χ3v) is 11.6. The summed E-state index contributed by atoms with van der Waals surface area (Å²) in [6, 6.07) is 13.2. The number of ether oxygens (including phenoxy) is 2. The molecule has 2 aromatic rings. The molecule has 3 heterocycles. The van der Waals surface area contributed by atoms with Gasteiger partial charge < -0.3 is 9.47 Å². The smallest absolute Gasteiger partial charge is 0.241 e. The molecular formula is C28H33ClN2O4S. The van der Waals surface area contributed by atoms with Gasteiger partial charge >= 0.3 is 0 Å². The first kappa shape index (κ1) is 23.5. The molecule has 3 aliphatic carbocycles. The Labute approximate surface area is 218 Å². The van der Waals surface area contributed by atoms with Crippen molar-refractivity contribution in [3.05, 3.63) is 58.6 Å². The zero-order valence-corrected chi connectivity index (χ0v) is 22.2. The van der Waals surface area contributed by atoms with E-state index < -0.39 is 15.6 Å². The molecule has 0 aromatic heterocycles. The van der Waals surface area contributed by atoms with Gasteiger partial charge in [0, 0.05) is 23.0 Å². The van der Waals surface area contributed by atoms with Crippen molar-refractivity contribution in [3.63, 3.8) is 0 Å². The van der Waals surface area contributed by atoms with Crippen LogP contribution in [-0.4, -0.2) is 57.3 Å². The first-order valence-corrected chi connectivity index (χ1v) is 15.0. The maximum Gasteiger partial charge on any atom is 0.241 e. The Balaban J connectivity index is 1.30. The number of piperidine rings is 1. The predicted octanol–water partition coefficient (Wildman–Crippen LogP) is 4.30. The van der Waals surface area contributed by atoms with E-state index >= 15 is 0 Å². The van der Waals surface area contributed by atoms with Crippen LogP contribution in [0, 0.1) is 5.92 Å². The maximum absolute atomic E-state index is 13.5. The number of fused-ring (bicyclic) bond motifs is 3. The van der Waals surface area contributed by atoms with Gasteiger partial charge in [-0.25, -0.2) is 13.1 Å². The Hall–Kier alpha value is -1.64. The van der Waals surface area contributed by atoms with Crippen molar-refractivity contribution in [2.75, 3.05) is 26.8 Å². The molecule has 4 bridgehead atoms. The van der Waals surface area contributed by atoms with Gasteiger partial charge in [0.15, 0.2) is 0 Å². The molecule has 8 heteroatoms. The summed E-state index contributed by atoms with van der Waals surface area (Å²) < 4.78 is 42.8. The Morgan fingerprint density at radius 2 is 1.94 bits per heavy atom. The Bertz CT molecular complexity index is 1300. The van der Waals surface area contributed by atoms with Gasteiger partial charge in [0.05, 0.1) is 29.8 Å². The lowest BCUT2D eigenvalue weighted by Gasteiger charge is -2.71. The minimum atomic E-state index is -3.73. The number of nitrogens with one attached hydrogen (secondary N) is 1. The maximum atomic E-state index is 13.5. The lowest BCUT2D eigenvalue weighted by molar-refractivity contribution is -0.260. The Morgan fingerprint density at radius 1 is 1.14 bits per heavy atom. The average Bonchev–Trinajstić information content (AvgIpc) is 3.69. The van der Waals surface area contributed by atoms with Crippen molar-refractivity contribution in [1.82, 2.24) is 9.62 Å². The fraction of sp³-hybridized carbons (Fsp3) is 0.571. The highest BCUT2D eigenvalue weighted by Gasteiger charge is 2.72. The molecule has 3 saturated heterocycles. The number of methoxy groups -OCH3 is 1. The molecule has 5 fully saturated rings. The molecule has 36 heavy (non-hydrogen) atoms. The minimum Gasteiger partial charge on any atom is -0.497 e. The van der Waals surface area contributed by atoms with E-state index in [1.54, 1.807) is 31.4 Å². The summed E-state index contributed by atoms with van der Waals surface area (Å²) in [6.45, 7) is 2.60. The van der Waals surface area contributed by atoms with Crippen LogP contribution >= 0.6 is 11.6 Å². The predicted molar refractivity (Wildman–Crippen MR) is 138 cm³/mol. The van der Waals surface area contributed by atoms with Crippen molar-refractivity contribution < 1.29 is 17.9 Å². The van der Waals surface area contributed by atoms with Crippen LogP contribution in [0.3, 0.4) is 0 Å². The topological polar surface area (TPSA) is 67.9 Å². The van der Waals surface area contributed by atoms with Crippen LogP contribution in [0.4, 0.5) is 0 Å². The van der Waals surface area contributed by atoms with Crippen LogP contribution in [0.15, 0.2) is 47.4 Å². The van der Waals surface area contributed by atoms with Gasteiger partial charge in [-0.05, 0) is 105 Å². The summed E-state index contributed by atoms with van der Waals surface area (Å²) in [7, 11) is -2.01. The van der Waals surface area contributed by atoms with E-state index in [0.29, 0.717) is 17.7 Å². The van der Waals surface area contributed by atoms with Crippen LogP contribution in [0.25, 0.3) is 0 Å². The second kappa shape index (κ2) is 7.93. The zero-order chi connectivity index (χ0) is 24.8. The molecule has 4 atom stereocenters. The quantitative estimate of drug-likeness (QED) is 0.605. The molecule has 6 aliphatic rings. The number of sulfonamides is 1.